The summed E-state index contributed by atoms with van der Waals surface area (Å²) in [6, 6.07) is 6.53. The lowest BCUT2D eigenvalue weighted by Crippen LogP contribution is -2.34. The molecule has 1 unspecified atom stereocenters. The van der Waals surface area contributed by atoms with Crippen LogP contribution in [0.4, 0.5) is 0 Å². The van der Waals surface area contributed by atoms with Gasteiger partial charge in [0.2, 0.25) is 0 Å². The number of hydrogen-bond donors (Lipinski definition) is 1. The molecule has 0 aromatic heterocycles. The molecule has 94 valence electrons. The molecule has 0 aliphatic carbocycles. The third-order valence-electron chi connectivity index (χ3n) is 3.13. The molecule has 1 fully saturated rings. The number of thioether (sulfide) groups is 1. The third kappa shape index (κ3) is 3.78. The molecule has 1 aliphatic heterocycles. The van der Waals surface area contributed by atoms with Crippen molar-refractivity contribution in [2.75, 3.05) is 11.5 Å². The Labute approximate surface area is 117 Å². The second-order valence-corrected chi connectivity index (χ2v) is 6.51. The van der Waals surface area contributed by atoms with E-state index in [2.05, 4.69) is 12.2 Å². The second-order valence-electron chi connectivity index (χ2n) is 4.44. The van der Waals surface area contributed by atoms with Gasteiger partial charge in [0, 0.05) is 22.1 Å². The number of nitrogens with one attached hydrogen (secondary N) is 1. The van der Waals surface area contributed by atoms with Crippen LogP contribution in [0.15, 0.2) is 18.2 Å². The zero-order valence-electron chi connectivity index (χ0n) is 9.88. The van der Waals surface area contributed by atoms with Crippen molar-refractivity contribution in [2.45, 2.75) is 31.8 Å². The maximum absolute atomic E-state index is 6.21. The van der Waals surface area contributed by atoms with Crippen molar-refractivity contribution in [3.05, 3.63) is 33.8 Å². The smallest absolute Gasteiger partial charge is 0.0454 e. The molecule has 1 nitrogen and oxygen atoms in total. The molecular weight excluding hydrogens is 273 g/mol. The number of rotatable bonds is 3. The lowest BCUT2D eigenvalue weighted by molar-refractivity contribution is 0.431. The van der Waals surface area contributed by atoms with Gasteiger partial charge in [-0.15, -0.1) is 0 Å². The van der Waals surface area contributed by atoms with E-state index in [-0.39, 0.29) is 6.04 Å². The highest BCUT2D eigenvalue weighted by molar-refractivity contribution is 7.99. The first-order chi connectivity index (χ1) is 8.16. The zero-order chi connectivity index (χ0) is 12.3. The minimum atomic E-state index is 0.259. The first kappa shape index (κ1) is 13.5. The fourth-order valence-corrected chi connectivity index (χ4v) is 3.72. The summed E-state index contributed by atoms with van der Waals surface area (Å²) in [5.41, 5.74) is 1.09. The molecular formula is C13H17Cl2NS. The van der Waals surface area contributed by atoms with Crippen LogP contribution in [-0.2, 0) is 0 Å². The molecule has 0 bridgehead atoms. The maximum atomic E-state index is 6.21. The highest BCUT2D eigenvalue weighted by Gasteiger charge is 2.18. The molecule has 1 N–H and O–H groups in total. The fraction of sp³-hybridized carbons (Fsp3) is 0.538. The molecule has 1 saturated heterocycles. The van der Waals surface area contributed by atoms with E-state index < -0.39 is 0 Å². The molecule has 1 atom stereocenters. The first-order valence-electron chi connectivity index (χ1n) is 5.95. The van der Waals surface area contributed by atoms with Crippen molar-refractivity contribution >= 4 is 35.0 Å². The van der Waals surface area contributed by atoms with Crippen LogP contribution in [-0.4, -0.2) is 17.5 Å². The van der Waals surface area contributed by atoms with E-state index in [0.29, 0.717) is 6.04 Å². The summed E-state index contributed by atoms with van der Waals surface area (Å²) in [6.07, 6.45) is 2.49. The normalized spacial score (nSPS) is 19.2. The van der Waals surface area contributed by atoms with E-state index in [0.717, 1.165) is 15.6 Å². The third-order valence-corrected chi connectivity index (χ3v) is 4.76. The Morgan fingerprint density at radius 2 is 2.00 bits per heavy atom. The molecule has 0 spiro atoms. The SMILES string of the molecule is CC(NC1CCSCC1)c1cc(Cl)ccc1Cl. The van der Waals surface area contributed by atoms with Crippen LogP contribution in [0.2, 0.25) is 10.0 Å². The van der Waals surface area contributed by atoms with E-state index in [1.807, 2.05) is 30.0 Å². The topological polar surface area (TPSA) is 12.0 Å². The first-order valence-corrected chi connectivity index (χ1v) is 7.86. The summed E-state index contributed by atoms with van der Waals surface area (Å²) in [5.74, 6) is 2.52. The van der Waals surface area contributed by atoms with Crippen LogP contribution in [0.1, 0.15) is 31.4 Å². The fourth-order valence-electron chi connectivity index (χ4n) is 2.15. The van der Waals surface area contributed by atoms with Crippen LogP contribution >= 0.6 is 35.0 Å². The van der Waals surface area contributed by atoms with Gasteiger partial charge in [-0.1, -0.05) is 23.2 Å². The maximum Gasteiger partial charge on any atom is 0.0454 e. The summed E-state index contributed by atoms with van der Waals surface area (Å²) in [4.78, 5) is 0. The van der Waals surface area contributed by atoms with Gasteiger partial charge in [-0.2, -0.15) is 11.8 Å². The van der Waals surface area contributed by atoms with E-state index >= 15 is 0 Å². The molecule has 2 rings (SSSR count). The van der Waals surface area contributed by atoms with Gasteiger partial charge >= 0.3 is 0 Å². The molecule has 4 heteroatoms. The summed E-state index contributed by atoms with van der Waals surface area (Å²) in [5, 5.41) is 5.19. The Hall–Kier alpha value is 0.110. The van der Waals surface area contributed by atoms with Crippen molar-refractivity contribution in [3.8, 4) is 0 Å². The Morgan fingerprint density at radius 3 is 2.71 bits per heavy atom. The van der Waals surface area contributed by atoms with Crippen LogP contribution in [0.3, 0.4) is 0 Å². The Kier molecular flexibility index (Phi) is 5.04. The predicted molar refractivity (Wildman–Crippen MR) is 78.4 cm³/mol. The predicted octanol–water partition coefficient (Wildman–Crippen LogP) is 4.54. The summed E-state index contributed by atoms with van der Waals surface area (Å²) < 4.78 is 0. The van der Waals surface area contributed by atoms with Crippen molar-refractivity contribution in [1.29, 1.82) is 0 Å². The quantitative estimate of drug-likeness (QED) is 0.877. The van der Waals surface area contributed by atoms with E-state index in [4.69, 9.17) is 23.2 Å². The van der Waals surface area contributed by atoms with Crippen molar-refractivity contribution in [2.24, 2.45) is 0 Å². The largest absolute Gasteiger partial charge is 0.307 e. The van der Waals surface area contributed by atoms with Gasteiger partial charge in [-0.3, -0.25) is 0 Å². The van der Waals surface area contributed by atoms with E-state index in [1.165, 1.54) is 24.3 Å². The Morgan fingerprint density at radius 1 is 1.29 bits per heavy atom. The van der Waals surface area contributed by atoms with E-state index in [9.17, 15) is 0 Å². The highest BCUT2D eigenvalue weighted by Crippen LogP contribution is 2.28. The van der Waals surface area contributed by atoms with Crippen LogP contribution in [0.25, 0.3) is 0 Å². The molecule has 17 heavy (non-hydrogen) atoms. The van der Waals surface area contributed by atoms with Gasteiger partial charge in [0.1, 0.15) is 0 Å². The van der Waals surface area contributed by atoms with Crippen molar-refractivity contribution in [3.63, 3.8) is 0 Å². The molecule has 0 radical (unpaired) electrons. The van der Waals surface area contributed by atoms with Crippen LogP contribution in [0.5, 0.6) is 0 Å². The standard InChI is InChI=1S/C13H17Cl2NS/c1-9(16-11-4-6-17-7-5-11)12-8-10(14)2-3-13(12)15/h2-3,8-9,11,16H,4-7H2,1H3. The summed E-state index contributed by atoms with van der Waals surface area (Å²) >= 11 is 14.3. The minimum Gasteiger partial charge on any atom is -0.307 e. The van der Waals surface area contributed by atoms with Crippen molar-refractivity contribution in [1.82, 2.24) is 5.32 Å². The highest BCUT2D eigenvalue weighted by atomic mass is 35.5. The van der Waals surface area contributed by atoms with Gasteiger partial charge in [0.05, 0.1) is 0 Å². The molecule has 0 amide bonds. The lowest BCUT2D eigenvalue weighted by Gasteiger charge is -2.27. The average Bonchev–Trinajstić information content (AvgIpc) is 2.33. The molecule has 1 aromatic carbocycles. The minimum absolute atomic E-state index is 0.259. The van der Waals surface area contributed by atoms with Crippen LogP contribution < -0.4 is 5.32 Å². The molecule has 0 saturated carbocycles. The molecule has 1 heterocycles. The van der Waals surface area contributed by atoms with Crippen LogP contribution in [0, 0.1) is 0 Å². The van der Waals surface area contributed by atoms with Gasteiger partial charge in [-0.25, -0.2) is 0 Å². The van der Waals surface area contributed by atoms with E-state index in [1.54, 1.807) is 0 Å². The van der Waals surface area contributed by atoms with Gasteiger partial charge in [0.25, 0.3) is 0 Å². The van der Waals surface area contributed by atoms with Gasteiger partial charge in [-0.05, 0) is 55.0 Å². The molecule has 1 aromatic rings. The summed E-state index contributed by atoms with van der Waals surface area (Å²) in [6.45, 7) is 2.15. The number of halogens is 2. The monoisotopic (exact) mass is 289 g/mol. The zero-order valence-corrected chi connectivity index (χ0v) is 12.2. The van der Waals surface area contributed by atoms with Gasteiger partial charge < -0.3 is 5.32 Å². The lowest BCUT2D eigenvalue weighted by atomic mass is 10.1. The molecule has 1 aliphatic rings. The Balaban J connectivity index is 2.02. The van der Waals surface area contributed by atoms with Crippen molar-refractivity contribution < 1.29 is 0 Å². The Bertz CT molecular complexity index is 378. The number of hydrogen-bond acceptors (Lipinski definition) is 2. The summed E-state index contributed by atoms with van der Waals surface area (Å²) in [7, 11) is 0. The second kappa shape index (κ2) is 6.33. The number of benzene rings is 1. The van der Waals surface area contributed by atoms with Gasteiger partial charge in [0.15, 0.2) is 0 Å². The average molecular weight is 290 g/mol.